The molecule has 29 heavy (non-hydrogen) atoms. The van der Waals surface area contributed by atoms with E-state index in [0.29, 0.717) is 17.0 Å². The van der Waals surface area contributed by atoms with Crippen LogP contribution in [0.25, 0.3) is 0 Å². The molecule has 0 heterocycles. The van der Waals surface area contributed by atoms with Gasteiger partial charge in [0.05, 0.1) is 11.3 Å². The Bertz CT molecular complexity index is 921. The zero-order valence-corrected chi connectivity index (χ0v) is 16.5. The smallest absolute Gasteiger partial charge is 0.344 e. The molecule has 7 nitrogen and oxygen atoms in total. The molecule has 2 aromatic carbocycles. The maximum atomic E-state index is 12.3. The second-order valence-electron chi connectivity index (χ2n) is 7.06. The van der Waals surface area contributed by atoms with Crippen molar-refractivity contribution in [2.45, 2.75) is 32.7 Å². The normalized spacial score (nSPS) is 12.8. The van der Waals surface area contributed by atoms with Gasteiger partial charge < -0.3 is 20.1 Å². The molecule has 7 heteroatoms. The first kappa shape index (κ1) is 20.4. The molecule has 0 saturated heterocycles. The fraction of sp³-hybridized carbons (Fsp3) is 0.318. The highest BCUT2D eigenvalue weighted by Crippen LogP contribution is 2.22. The van der Waals surface area contributed by atoms with Crippen molar-refractivity contribution < 1.29 is 23.9 Å². The summed E-state index contributed by atoms with van der Waals surface area (Å²) in [5.74, 6) is -0.818. The number of ether oxygens (including phenoxy) is 2. The van der Waals surface area contributed by atoms with Gasteiger partial charge in [-0.15, -0.1) is 0 Å². The van der Waals surface area contributed by atoms with E-state index in [1.165, 1.54) is 0 Å². The molecular weight excluding hydrogens is 372 g/mol. The van der Waals surface area contributed by atoms with E-state index in [4.69, 9.17) is 9.47 Å². The second-order valence-corrected chi connectivity index (χ2v) is 7.06. The van der Waals surface area contributed by atoms with Crippen LogP contribution in [0.15, 0.2) is 42.5 Å². The summed E-state index contributed by atoms with van der Waals surface area (Å²) in [5.41, 5.74) is 2.67. The van der Waals surface area contributed by atoms with Crippen molar-refractivity contribution in [2.24, 2.45) is 0 Å². The van der Waals surface area contributed by atoms with Gasteiger partial charge in [-0.2, -0.15) is 0 Å². The summed E-state index contributed by atoms with van der Waals surface area (Å²) in [5, 5.41) is 5.50. The van der Waals surface area contributed by atoms with Gasteiger partial charge in [-0.1, -0.05) is 24.3 Å². The van der Waals surface area contributed by atoms with Crippen LogP contribution >= 0.6 is 0 Å². The molecule has 152 valence electrons. The molecular formula is C22H24N2O5. The standard InChI is InChI=1S/C22H24N2O5/c1-14-7-8-15(2)19(11-14)28-13-21(26)29-12-20(25)24-18-6-4-3-5-17(18)22(27)23-16-9-10-16/h3-8,11,16H,9-10,12-13H2,1-2H3,(H,23,27)(H,24,25). The lowest BCUT2D eigenvalue weighted by molar-refractivity contribution is -0.149. The molecule has 1 aliphatic rings. The van der Waals surface area contributed by atoms with Gasteiger partial charge in [0, 0.05) is 6.04 Å². The summed E-state index contributed by atoms with van der Waals surface area (Å²) in [6.07, 6.45) is 1.95. The molecule has 2 amide bonds. The number of hydrogen-bond donors (Lipinski definition) is 2. The number of aryl methyl sites for hydroxylation is 2. The molecule has 0 bridgehead atoms. The molecule has 0 aromatic heterocycles. The number of anilines is 1. The molecule has 2 aromatic rings. The average Bonchev–Trinajstić information content (AvgIpc) is 3.51. The second kappa shape index (κ2) is 9.23. The van der Waals surface area contributed by atoms with Gasteiger partial charge in [0.15, 0.2) is 13.2 Å². The molecule has 1 fully saturated rings. The Morgan fingerprint density at radius 3 is 2.55 bits per heavy atom. The first-order valence-corrected chi connectivity index (χ1v) is 9.48. The fourth-order valence-electron chi connectivity index (χ4n) is 2.65. The van der Waals surface area contributed by atoms with Gasteiger partial charge in [-0.3, -0.25) is 9.59 Å². The van der Waals surface area contributed by atoms with Crippen LogP contribution in [0.5, 0.6) is 5.75 Å². The minimum Gasteiger partial charge on any atom is -0.482 e. The number of esters is 1. The van der Waals surface area contributed by atoms with Gasteiger partial charge in [0.1, 0.15) is 5.75 Å². The maximum absolute atomic E-state index is 12.3. The lowest BCUT2D eigenvalue weighted by Gasteiger charge is -2.12. The molecule has 0 spiro atoms. The van der Waals surface area contributed by atoms with Crippen molar-refractivity contribution in [1.29, 1.82) is 0 Å². The van der Waals surface area contributed by atoms with Gasteiger partial charge in [-0.25, -0.2) is 4.79 Å². The van der Waals surface area contributed by atoms with E-state index in [9.17, 15) is 14.4 Å². The largest absolute Gasteiger partial charge is 0.482 e. The number of nitrogens with one attached hydrogen (secondary N) is 2. The first-order valence-electron chi connectivity index (χ1n) is 9.48. The number of para-hydroxylation sites is 1. The summed E-state index contributed by atoms with van der Waals surface area (Å²) in [4.78, 5) is 36.3. The monoisotopic (exact) mass is 396 g/mol. The van der Waals surface area contributed by atoms with Gasteiger partial charge in [0.25, 0.3) is 11.8 Å². The van der Waals surface area contributed by atoms with Crippen molar-refractivity contribution in [3.8, 4) is 5.75 Å². The van der Waals surface area contributed by atoms with E-state index in [1.54, 1.807) is 24.3 Å². The van der Waals surface area contributed by atoms with Crippen LogP contribution in [0.1, 0.15) is 34.3 Å². The van der Waals surface area contributed by atoms with E-state index < -0.39 is 18.5 Å². The van der Waals surface area contributed by atoms with Crippen LogP contribution in [-0.2, 0) is 14.3 Å². The predicted molar refractivity (Wildman–Crippen MR) is 108 cm³/mol. The lowest BCUT2D eigenvalue weighted by atomic mass is 10.1. The third kappa shape index (κ3) is 6.07. The molecule has 3 rings (SSSR count). The van der Waals surface area contributed by atoms with Crippen LogP contribution in [-0.4, -0.2) is 37.0 Å². The zero-order valence-electron chi connectivity index (χ0n) is 16.5. The first-order chi connectivity index (χ1) is 13.9. The van der Waals surface area contributed by atoms with Crippen molar-refractivity contribution in [2.75, 3.05) is 18.5 Å². The van der Waals surface area contributed by atoms with E-state index in [-0.39, 0.29) is 18.6 Å². The number of carbonyl (C=O) groups is 3. The molecule has 0 atom stereocenters. The summed E-state index contributed by atoms with van der Waals surface area (Å²) >= 11 is 0. The number of carbonyl (C=O) groups excluding carboxylic acids is 3. The highest BCUT2D eigenvalue weighted by atomic mass is 16.6. The van der Waals surface area contributed by atoms with E-state index in [0.717, 1.165) is 24.0 Å². The zero-order chi connectivity index (χ0) is 20.8. The number of amides is 2. The highest BCUT2D eigenvalue weighted by molar-refractivity contribution is 6.04. The quantitative estimate of drug-likeness (QED) is 0.669. The van der Waals surface area contributed by atoms with Crippen molar-refractivity contribution in [1.82, 2.24) is 5.32 Å². The van der Waals surface area contributed by atoms with Gasteiger partial charge in [0.2, 0.25) is 0 Å². The molecule has 0 aliphatic heterocycles. The predicted octanol–water partition coefficient (Wildman–Crippen LogP) is 2.76. The van der Waals surface area contributed by atoms with E-state index in [1.807, 2.05) is 32.0 Å². The minimum absolute atomic E-state index is 0.212. The van der Waals surface area contributed by atoms with Crippen molar-refractivity contribution >= 4 is 23.5 Å². The van der Waals surface area contributed by atoms with Crippen LogP contribution in [0.3, 0.4) is 0 Å². The van der Waals surface area contributed by atoms with Crippen LogP contribution in [0.2, 0.25) is 0 Å². The average molecular weight is 396 g/mol. The van der Waals surface area contributed by atoms with Crippen LogP contribution in [0, 0.1) is 13.8 Å². The number of benzene rings is 2. The minimum atomic E-state index is -0.652. The Morgan fingerprint density at radius 2 is 1.79 bits per heavy atom. The van der Waals surface area contributed by atoms with Crippen molar-refractivity contribution in [3.63, 3.8) is 0 Å². The summed E-state index contributed by atoms with van der Waals surface area (Å²) in [7, 11) is 0. The Kier molecular flexibility index (Phi) is 6.49. The lowest BCUT2D eigenvalue weighted by Crippen LogP contribution is -2.28. The maximum Gasteiger partial charge on any atom is 0.344 e. The molecule has 1 saturated carbocycles. The topological polar surface area (TPSA) is 93.7 Å². The summed E-state index contributed by atoms with van der Waals surface area (Å²) in [6, 6.07) is 12.6. The Morgan fingerprint density at radius 1 is 1.03 bits per heavy atom. The number of hydrogen-bond acceptors (Lipinski definition) is 5. The van der Waals surface area contributed by atoms with Crippen LogP contribution < -0.4 is 15.4 Å². The van der Waals surface area contributed by atoms with Crippen LogP contribution in [0.4, 0.5) is 5.69 Å². The molecule has 2 N–H and O–H groups in total. The fourth-order valence-corrected chi connectivity index (χ4v) is 2.65. The summed E-state index contributed by atoms with van der Waals surface area (Å²) in [6.45, 7) is 3.05. The SMILES string of the molecule is Cc1ccc(C)c(OCC(=O)OCC(=O)Nc2ccccc2C(=O)NC2CC2)c1. The third-order valence-electron chi connectivity index (χ3n) is 4.41. The Labute approximate surface area is 169 Å². The van der Waals surface area contributed by atoms with Gasteiger partial charge >= 0.3 is 5.97 Å². The Hall–Kier alpha value is -3.35. The number of rotatable bonds is 8. The molecule has 0 unspecified atom stereocenters. The Balaban J connectivity index is 1.48. The molecule has 0 radical (unpaired) electrons. The third-order valence-corrected chi connectivity index (χ3v) is 4.41. The van der Waals surface area contributed by atoms with Gasteiger partial charge in [-0.05, 0) is 56.0 Å². The van der Waals surface area contributed by atoms with E-state index >= 15 is 0 Å². The summed E-state index contributed by atoms with van der Waals surface area (Å²) < 4.78 is 10.4. The van der Waals surface area contributed by atoms with E-state index in [2.05, 4.69) is 10.6 Å². The molecule has 1 aliphatic carbocycles. The highest BCUT2D eigenvalue weighted by Gasteiger charge is 2.25. The van der Waals surface area contributed by atoms with Crippen molar-refractivity contribution in [3.05, 3.63) is 59.2 Å².